The molecule has 1 spiro atoms. The molecule has 1 aliphatic carbocycles. The van der Waals surface area contributed by atoms with Crippen LogP contribution in [0.5, 0.6) is 0 Å². The summed E-state index contributed by atoms with van der Waals surface area (Å²) < 4.78 is 17.3. The molecule has 0 amide bonds. The topological polar surface area (TPSA) is 46.2 Å². The number of ether oxygens (including phenoxy) is 3. The summed E-state index contributed by atoms with van der Waals surface area (Å²) in [6, 6.07) is 8.17. The van der Waals surface area contributed by atoms with E-state index in [9.17, 15) is 0 Å². The predicted molar refractivity (Wildman–Crippen MR) is 86.8 cm³/mol. The van der Waals surface area contributed by atoms with Crippen LogP contribution < -0.4 is 0 Å². The molecule has 4 aliphatic rings. The molecule has 132 valence electrons. The van der Waals surface area contributed by atoms with Gasteiger partial charge in [-0.05, 0) is 30.7 Å². The van der Waals surface area contributed by atoms with E-state index in [2.05, 4.69) is 0 Å². The highest BCUT2D eigenvalue weighted by Crippen LogP contribution is 2.55. The average molecular weight is 334 g/mol. The van der Waals surface area contributed by atoms with Crippen molar-refractivity contribution >= 4 is 0 Å². The van der Waals surface area contributed by atoms with E-state index in [1.165, 1.54) is 6.42 Å². The first-order valence-corrected chi connectivity index (χ1v) is 8.88. The van der Waals surface area contributed by atoms with Gasteiger partial charge in [0, 0.05) is 26.2 Å². The van der Waals surface area contributed by atoms with Crippen LogP contribution in [0.1, 0.15) is 49.7 Å². The fraction of sp³-hybridized carbons (Fsp3) is 0.684. The lowest BCUT2D eigenvalue weighted by Gasteiger charge is -2.49. The van der Waals surface area contributed by atoms with E-state index in [-0.39, 0.29) is 0 Å². The van der Waals surface area contributed by atoms with Crippen molar-refractivity contribution in [2.24, 2.45) is 5.92 Å². The van der Waals surface area contributed by atoms with Crippen LogP contribution in [0, 0.1) is 5.92 Å². The first-order chi connectivity index (χ1) is 11.7. The molecule has 5 nitrogen and oxygen atoms in total. The Bertz CT molecular complexity index is 570. The second kappa shape index (κ2) is 6.39. The Morgan fingerprint density at radius 3 is 2.62 bits per heavy atom. The molecule has 3 saturated heterocycles. The first-order valence-electron chi connectivity index (χ1n) is 8.88. The second-order valence-electron chi connectivity index (χ2n) is 7.17. The maximum Gasteiger partial charge on any atom is 0.230 e. The third kappa shape index (κ3) is 2.50. The van der Waals surface area contributed by atoms with Gasteiger partial charge in [-0.15, -0.1) is 0 Å². The van der Waals surface area contributed by atoms with E-state index in [1.54, 1.807) is 14.2 Å². The summed E-state index contributed by atoms with van der Waals surface area (Å²) in [5.74, 6) is -0.456. The van der Waals surface area contributed by atoms with Crippen molar-refractivity contribution in [3.8, 4) is 0 Å². The zero-order valence-corrected chi connectivity index (χ0v) is 14.5. The van der Waals surface area contributed by atoms with Crippen LogP contribution in [0.3, 0.4) is 0 Å². The average Bonchev–Trinajstić information content (AvgIpc) is 2.88. The highest BCUT2D eigenvalue weighted by atomic mass is 17.3. The maximum absolute atomic E-state index is 6.39. The van der Waals surface area contributed by atoms with Crippen LogP contribution in [0.25, 0.3) is 0 Å². The number of fused-ring (bicyclic) bond motifs is 3. The number of hydrogen-bond donors (Lipinski definition) is 0. The molecule has 1 saturated carbocycles. The van der Waals surface area contributed by atoms with Crippen LogP contribution >= 0.6 is 0 Å². The maximum atomic E-state index is 6.39. The molecule has 5 rings (SSSR count). The zero-order valence-electron chi connectivity index (χ0n) is 14.5. The molecule has 1 aromatic carbocycles. The minimum atomic E-state index is -0.880. The molecule has 4 atom stereocenters. The minimum absolute atomic E-state index is 0.391. The monoisotopic (exact) mass is 334 g/mol. The van der Waals surface area contributed by atoms with Gasteiger partial charge in [0.1, 0.15) is 0 Å². The molecular weight excluding hydrogens is 308 g/mol. The van der Waals surface area contributed by atoms with Crippen molar-refractivity contribution in [1.29, 1.82) is 0 Å². The third-order valence-electron chi connectivity index (χ3n) is 5.83. The van der Waals surface area contributed by atoms with Gasteiger partial charge < -0.3 is 14.2 Å². The van der Waals surface area contributed by atoms with Gasteiger partial charge in [-0.25, -0.2) is 4.89 Å². The summed E-state index contributed by atoms with van der Waals surface area (Å²) in [6.45, 7) is 0.595. The summed E-state index contributed by atoms with van der Waals surface area (Å²) in [7, 11) is 3.40. The number of rotatable bonds is 4. The van der Waals surface area contributed by atoms with Crippen LogP contribution in [-0.4, -0.2) is 26.1 Å². The van der Waals surface area contributed by atoms with Gasteiger partial charge in [0.25, 0.3) is 0 Å². The molecule has 24 heavy (non-hydrogen) atoms. The molecule has 0 unspecified atom stereocenters. The summed E-state index contributed by atoms with van der Waals surface area (Å²) in [5.41, 5.74) is 1.64. The number of hydrogen-bond acceptors (Lipinski definition) is 5. The zero-order chi connectivity index (χ0) is 16.6. The Hall–Kier alpha value is -0.980. The summed E-state index contributed by atoms with van der Waals surface area (Å²) in [5, 5.41) is 0. The normalized spacial score (nSPS) is 38.6. The van der Waals surface area contributed by atoms with Gasteiger partial charge in [0.2, 0.25) is 5.79 Å². The summed E-state index contributed by atoms with van der Waals surface area (Å²) >= 11 is 0. The highest BCUT2D eigenvalue weighted by Gasteiger charge is 2.61. The molecule has 3 heterocycles. The predicted octanol–water partition coefficient (Wildman–Crippen LogP) is 3.66. The van der Waals surface area contributed by atoms with Crippen LogP contribution in [0.2, 0.25) is 0 Å². The van der Waals surface area contributed by atoms with Gasteiger partial charge in [0.05, 0.1) is 6.61 Å². The Morgan fingerprint density at radius 2 is 1.88 bits per heavy atom. The van der Waals surface area contributed by atoms with Crippen molar-refractivity contribution in [3.05, 3.63) is 35.4 Å². The molecule has 0 radical (unpaired) electrons. The first kappa shape index (κ1) is 16.5. The Morgan fingerprint density at radius 1 is 1.04 bits per heavy atom. The Labute approximate surface area is 143 Å². The van der Waals surface area contributed by atoms with E-state index in [0.29, 0.717) is 12.5 Å². The van der Waals surface area contributed by atoms with E-state index >= 15 is 0 Å². The Kier molecular flexibility index (Phi) is 4.39. The van der Waals surface area contributed by atoms with Crippen LogP contribution in [0.4, 0.5) is 0 Å². The fourth-order valence-corrected chi connectivity index (χ4v) is 4.52. The van der Waals surface area contributed by atoms with E-state index < -0.39 is 17.7 Å². The minimum Gasteiger partial charge on any atom is -0.380 e. The quantitative estimate of drug-likeness (QED) is 0.787. The summed E-state index contributed by atoms with van der Waals surface area (Å²) in [4.78, 5) is 12.0. The third-order valence-corrected chi connectivity index (χ3v) is 5.83. The van der Waals surface area contributed by atoms with Crippen molar-refractivity contribution in [2.75, 3.05) is 14.2 Å². The van der Waals surface area contributed by atoms with Crippen molar-refractivity contribution in [1.82, 2.24) is 0 Å². The fourth-order valence-electron chi connectivity index (χ4n) is 4.52. The molecule has 2 bridgehead atoms. The molecule has 0 N–H and O–H groups in total. The smallest absolute Gasteiger partial charge is 0.230 e. The van der Waals surface area contributed by atoms with Crippen molar-refractivity contribution in [3.63, 3.8) is 0 Å². The van der Waals surface area contributed by atoms with E-state index in [0.717, 1.165) is 43.2 Å². The molecule has 1 aromatic rings. The summed E-state index contributed by atoms with van der Waals surface area (Å²) in [6.07, 6.45) is 5.86. The van der Waals surface area contributed by atoms with Gasteiger partial charge in [-0.3, -0.25) is 0 Å². The number of benzene rings is 1. The van der Waals surface area contributed by atoms with Gasteiger partial charge in [-0.1, -0.05) is 37.1 Å². The lowest BCUT2D eigenvalue weighted by molar-refractivity contribution is -0.558. The van der Waals surface area contributed by atoms with Crippen LogP contribution in [-0.2, 0) is 36.4 Å². The van der Waals surface area contributed by atoms with E-state index in [4.69, 9.17) is 24.0 Å². The molecule has 3 aliphatic heterocycles. The highest BCUT2D eigenvalue weighted by molar-refractivity contribution is 5.26. The lowest BCUT2D eigenvalue weighted by Crippen LogP contribution is -2.59. The van der Waals surface area contributed by atoms with Crippen molar-refractivity contribution < 1.29 is 24.0 Å². The van der Waals surface area contributed by atoms with Gasteiger partial charge in [0.15, 0.2) is 11.9 Å². The second-order valence-corrected chi connectivity index (χ2v) is 7.17. The molecular formula is C19H26O5. The Balaban J connectivity index is 1.66. The molecule has 5 heteroatoms. The molecule has 0 aromatic heterocycles. The van der Waals surface area contributed by atoms with E-state index in [1.807, 2.05) is 24.3 Å². The van der Waals surface area contributed by atoms with Gasteiger partial charge in [-0.2, -0.15) is 4.89 Å². The SMILES string of the molecule is COCc1ccc([C@]23CC[C@H]4CCCC[C@@]4(OO2)[C@H](OC)O3)cc1. The number of methoxy groups -OCH3 is 2. The van der Waals surface area contributed by atoms with Gasteiger partial charge >= 0.3 is 0 Å². The molecule has 4 fully saturated rings. The van der Waals surface area contributed by atoms with Crippen molar-refractivity contribution in [2.45, 2.75) is 62.8 Å². The largest absolute Gasteiger partial charge is 0.380 e. The standard InChI is InChI=1S/C19H26O5/c1-20-13-14-6-8-16(9-7-14)19-12-10-15-5-3-4-11-18(15,23-24-19)17(21-2)22-19/h6-9,15,17H,3-5,10-13H2,1-2H3/t15-,17-,18+,19+/m1/s1. The van der Waals surface area contributed by atoms with Crippen LogP contribution in [0.15, 0.2) is 24.3 Å². The lowest BCUT2D eigenvalue weighted by atomic mass is 9.73.